The summed E-state index contributed by atoms with van der Waals surface area (Å²) < 4.78 is 14.3. The van der Waals surface area contributed by atoms with Crippen LogP contribution in [0, 0.1) is 0 Å². The molecule has 1 amide bonds. The van der Waals surface area contributed by atoms with Gasteiger partial charge in [-0.3, -0.25) is 14.4 Å². The zero-order valence-electron chi connectivity index (χ0n) is 16.0. The van der Waals surface area contributed by atoms with Crippen LogP contribution in [-0.2, 0) is 40.0 Å². The van der Waals surface area contributed by atoms with Crippen LogP contribution < -0.4 is 11.1 Å². The van der Waals surface area contributed by atoms with E-state index in [4.69, 9.17) is 10.5 Å². The third-order valence-electron chi connectivity index (χ3n) is 3.89. The zero-order valence-corrected chi connectivity index (χ0v) is 16.0. The topological polar surface area (TPSA) is 134 Å². The molecule has 0 saturated heterocycles. The molecule has 0 unspecified atom stereocenters. The number of hydrogen-bond donors (Lipinski definition) is 2. The summed E-state index contributed by atoms with van der Waals surface area (Å²) in [5.74, 6) is -2.30. The largest absolute Gasteiger partial charge is 0.468 e. The molecule has 9 nitrogen and oxygen atoms in total. The molecule has 0 aliphatic rings. The summed E-state index contributed by atoms with van der Waals surface area (Å²) in [6, 6.07) is 7.23. The Morgan fingerprint density at radius 1 is 0.964 bits per heavy atom. The van der Waals surface area contributed by atoms with Gasteiger partial charge in [0.1, 0.15) is 18.7 Å². The average molecular weight is 394 g/mol. The molecule has 0 radical (unpaired) electrons. The molecule has 154 valence electrons. The molecule has 1 aromatic carbocycles. The van der Waals surface area contributed by atoms with Crippen LogP contribution in [0.4, 0.5) is 0 Å². The van der Waals surface area contributed by atoms with Gasteiger partial charge in [0, 0.05) is 12.8 Å². The first-order chi connectivity index (χ1) is 13.4. The van der Waals surface area contributed by atoms with E-state index < -0.39 is 35.9 Å². The summed E-state index contributed by atoms with van der Waals surface area (Å²) in [7, 11) is 2.38. The van der Waals surface area contributed by atoms with Gasteiger partial charge in [-0.2, -0.15) is 0 Å². The average Bonchev–Trinajstić information content (AvgIpc) is 2.72. The summed E-state index contributed by atoms with van der Waals surface area (Å²) in [6.07, 6.45) is -0.0720. The lowest BCUT2D eigenvalue weighted by molar-refractivity contribution is -0.148. The maximum atomic E-state index is 12.0. The monoisotopic (exact) mass is 394 g/mol. The van der Waals surface area contributed by atoms with Crippen molar-refractivity contribution in [1.82, 2.24) is 5.32 Å². The second-order valence-electron chi connectivity index (χ2n) is 6.00. The second kappa shape index (κ2) is 12.4. The van der Waals surface area contributed by atoms with Crippen molar-refractivity contribution in [3.05, 3.63) is 35.9 Å². The van der Waals surface area contributed by atoms with Crippen LogP contribution in [0.25, 0.3) is 0 Å². The number of carbonyl (C=O) groups is 4. The number of hydrogen-bond acceptors (Lipinski definition) is 8. The van der Waals surface area contributed by atoms with Crippen molar-refractivity contribution in [2.75, 3.05) is 14.2 Å². The highest BCUT2D eigenvalue weighted by atomic mass is 16.5. The molecule has 0 heterocycles. The predicted molar refractivity (Wildman–Crippen MR) is 98.6 cm³/mol. The maximum Gasteiger partial charge on any atom is 0.328 e. The van der Waals surface area contributed by atoms with Crippen molar-refractivity contribution in [3.8, 4) is 0 Å². The van der Waals surface area contributed by atoms with E-state index in [2.05, 4.69) is 14.8 Å². The number of carbonyl (C=O) groups excluding carboxylic acids is 4. The Bertz CT molecular complexity index is 664. The molecule has 1 aromatic rings. The van der Waals surface area contributed by atoms with Crippen LogP contribution in [0.5, 0.6) is 0 Å². The number of rotatable bonds is 11. The molecule has 0 fully saturated rings. The first-order valence-corrected chi connectivity index (χ1v) is 8.77. The number of nitrogens with one attached hydrogen (secondary N) is 1. The predicted octanol–water partition coefficient (Wildman–Crippen LogP) is 0.448. The number of methoxy groups -OCH3 is 2. The Morgan fingerprint density at radius 3 is 2.21 bits per heavy atom. The van der Waals surface area contributed by atoms with Gasteiger partial charge in [0.25, 0.3) is 0 Å². The van der Waals surface area contributed by atoms with Gasteiger partial charge in [-0.05, 0) is 18.4 Å². The number of nitrogens with two attached hydrogens (primary N) is 1. The molecule has 3 N–H and O–H groups in total. The molecule has 0 spiro atoms. The fraction of sp³-hybridized carbons (Fsp3) is 0.474. The van der Waals surface area contributed by atoms with Gasteiger partial charge in [-0.25, -0.2) is 4.79 Å². The smallest absolute Gasteiger partial charge is 0.328 e. The van der Waals surface area contributed by atoms with E-state index in [0.717, 1.165) is 5.56 Å². The molecule has 0 aromatic heterocycles. The van der Waals surface area contributed by atoms with Crippen molar-refractivity contribution in [2.24, 2.45) is 5.73 Å². The van der Waals surface area contributed by atoms with E-state index in [1.807, 2.05) is 30.3 Å². The van der Waals surface area contributed by atoms with Gasteiger partial charge < -0.3 is 25.3 Å². The van der Waals surface area contributed by atoms with Crippen LogP contribution >= 0.6 is 0 Å². The minimum Gasteiger partial charge on any atom is -0.468 e. The van der Waals surface area contributed by atoms with E-state index >= 15 is 0 Å². The molecule has 9 heteroatoms. The molecule has 2 atom stereocenters. The first-order valence-electron chi connectivity index (χ1n) is 8.77. The Morgan fingerprint density at radius 2 is 1.61 bits per heavy atom. The van der Waals surface area contributed by atoms with Crippen LogP contribution in [0.3, 0.4) is 0 Å². The summed E-state index contributed by atoms with van der Waals surface area (Å²) in [5.41, 5.74) is 6.41. The highest BCUT2D eigenvalue weighted by Crippen LogP contribution is 2.06. The van der Waals surface area contributed by atoms with Crippen LogP contribution in [0.15, 0.2) is 30.3 Å². The van der Waals surface area contributed by atoms with Crippen molar-refractivity contribution < 1.29 is 33.4 Å². The lowest BCUT2D eigenvalue weighted by Gasteiger charge is -2.17. The van der Waals surface area contributed by atoms with Crippen LogP contribution in [0.2, 0.25) is 0 Å². The highest BCUT2D eigenvalue weighted by Gasteiger charge is 2.24. The minimum atomic E-state index is -1.00. The van der Waals surface area contributed by atoms with E-state index in [1.165, 1.54) is 14.2 Å². The molecule has 0 saturated carbocycles. The van der Waals surface area contributed by atoms with E-state index in [1.54, 1.807) is 0 Å². The number of amides is 1. The van der Waals surface area contributed by atoms with E-state index in [9.17, 15) is 19.2 Å². The molecule has 1 rings (SSSR count). The first kappa shape index (κ1) is 23.1. The lowest BCUT2D eigenvalue weighted by Crippen LogP contribution is -2.42. The van der Waals surface area contributed by atoms with Gasteiger partial charge in [-0.1, -0.05) is 30.3 Å². The van der Waals surface area contributed by atoms with Crippen molar-refractivity contribution >= 4 is 23.8 Å². The maximum absolute atomic E-state index is 12.0. The third kappa shape index (κ3) is 8.63. The summed E-state index contributed by atoms with van der Waals surface area (Å²) >= 11 is 0. The summed E-state index contributed by atoms with van der Waals surface area (Å²) in [6.45, 7) is 0.125. The van der Waals surface area contributed by atoms with Gasteiger partial charge in [0.2, 0.25) is 5.91 Å². The number of ether oxygens (including phenoxy) is 3. The Labute approximate surface area is 163 Å². The van der Waals surface area contributed by atoms with Crippen molar-refractivity contribution in [2.45, 2.75) is 44.4 Å². The molecule has 0 bridgehead atoms. The second-order valence-corrected chi connectivity index (χ2v) is 6.00. The van der Waals surface area contributed by atoms with Crippen molar-refractivity contribution in [1.29, 1.82) is 0 Å². The SMILES string of the molecule is COC(=O)[C@H](CCC(=O)OCc1ccccc1)NC(=O)CC[C@H](N)C(=O)OC. The zero-order chi connectivity index (χ0) is 20.9. The van der Waals surface area contributed by atoms with E-state index in [-0.39, 0.29) is 32.3 Å². The summed E-state index contributed by atoms with van der Waals surface area (Å²) in [4.78, 5) is 47.0. The fourth-order valence-electron chi connectivity index (χ4n) is 2.29. The number of esters is 3. The van der Waals surface area contributed by atoms with Crippen molar-refractivity contribution in [3.63, 3.8) is 0 Å². The van der Waals surface area contributed by atoms with Crippen LogP contribution in [-0.4, -0.2) is 50.1 Å². The Kier molecular flexibility index (Phi) is 10.3. The minimum absolute atomic E-state index is 0.0229. The van der Waals surface area contributed by atoms with E-state index in [0.29, 0.717) is 0 Å². The molecule has 0 aliphatic carbocycles. The Hall–Kier alpha value is -2.94. The van der Waals surface area contributed by atoms with Gasteiger partial charge >= 0.3 is 17.9 Å². The standard InChI is InChI=1S/C19H26N2O7/c1-26-18(24)14(20)8-10-16(22)21-15(19(25)27-2)9-11-17(23)28-12-13-6-4-3-5-7-13/h3-7,14-15H,8-12,20H2,1-2H3,(H,21,22)/t14-,15-/m0/s1. The van der Waals surface area contributed by atoms with Gasteiger partial charge in [0.15, 0.2) is 0 Å². The summed E-state index contributed by atoms with van der Waals surface area (Å²) in [5, 5.41) is 2.48. The quantitative estimate of drug-likeness (QED) is 0.408. The molecular formula is C19H26N2O7. The van der Waals surface area contributed by atoms with Gasteiger partial charge in [-0.15, -0.1) is 0 Å². The lowest BCUT2D eigenvalue weighted by atomic mass is 10.1. The molecular weight excluding hydrogens is 368 g/mol. The number of benzene rings is 1. The van der Waals surface area contributed by atoms with Crippen LogP contribution in [0.1, 0.15) is 31.2 Å². The third-order valence-corrected chi connectivity index (χ3v) is 3.89. The fourth-order valence-corrected chi connectivity index (χ4v) is 2.29. The molecule has 28 heavy (non-hydrogen) atoms. The Balaban J connectivity index is 2.45. The molecule has 0 aliphatic heterocycles. The van der Waals surface area contributed by atoms with Gasteiger partial charge in [0.05, 0.1) is 14.2 Å². The normalized spacial score (nSPS) is 12.4. The highest BCUT2D eigenvalue weighted by molar-refractivity contribution is 5.85.